The molecule has 1 atom stereocenters. The van der Waals surface area contributed by atoms with Crippen molar-refractivity contribution in [1.29, 1.82) is 0 Å². The molecule has 0 saturated carbocycles. The number of benzene rings is 1. The van der Waals surface area contributed by atoms with Gasteiger partial charge in [0, 0.05) is 12.3 Å². The number of anilines is 1. The Balaban J connectivity index is 2.19. The molecule has 1 unspecified atom stereocenters. The van der Waals surface area contributed by atoms with Crippen LogP contribution in [0, 0.1) is 5.92 Å². The number of nitrogens with zero attached hydrogens (tertiary/aromatic N) is 1. The average Bonchev–Trinajstić information content (AvgIpc) is 2.79. The molecule has 0 spiro atoms. The van der Waals surface area contributed by atoms with Crippen LogP contribution in [0.25, 0.3) is 10.9 Å². The summed E-state index contributed by atoms with van der Waals surface area (Å²) in [5, 5.41) is 13.2. The molecule has 20 heavy (non-hydrogen) atoms. The van der Waals surface area contributed by atoms with Gasteiger partial charge in [-0.3, -0.25) is 14.7 Å². The standard InChI is InChI=1S/C14H18N4O2/c1-8(2)12(15-9(3)19)14(20)16-13-10-6-4-5-7-11(10)17-18-13/h4-8,12H,1-3H3,(H,15,19)(H2,16,17,18,20). The highest BCUT2D eigenvalue weighted by atomic mass is 16.2. The second-order valence-electron chi connectivity index (χ2n) is 5.03. The molecule has 3 N–H and O–H groups in total. The summed E-state index contributed by atoms with van der Waals surface area (Å²) in [5.41, 5.74) is 0.850. The van der Waals surface area contributed by atoms with E-state index in [1.54, 1.807) is 0 Å². The Bertz CT molecular complexity index is 633. The number of amides is 2. The Kier molecular flexibility index (Phi) is 4.02. The number of aromatic nitrogens is 2. The van der Waals surface area contributed by atoms with Gasteiger partial charge in [0.05, 0.1) is 5.52 Å². The van der Waals surface area contributed by atoms with Crippen LogP contribution in [0.5, 0.6) is 0 Å². The van der Waals surface area contributed by atoms with Crippen LogP contribution < -0.4 is 10.6 Å². The van der Waals surface area contributed by atoms with Crippen LogP contribution in [0.4, 0.5) is 5.82 Å². The van der Waals surface area contributed by atoms with Crippen molar-refractivity contribution in [2.24, 2.45) is 5.92 Å². The molecule has 0 radical (unpaired) electrons. The summed E-state index contributed by atoms with van der Waals surface area (Å²) in [5.74, 6) is -0.0381. The fourth-order valence-electron chi connectivity index (χ4n) is 2.01. The first-order chi connectivity index (χ1) is 9.49. The molecule has 0 aliphatic rings. The summed E-state index contributed by atoms with van der Waals surface area (Å²) in [4.78, 5) is 23.4. The van der Waals surface area contributed by atoms with Gasteiger partial charge in [0.25, 0.3) is 0 Å². The molecule has 106 valence electrons. The van der Waals surface area contributed by atoms with E-state index in [4.69, 9.17) is 0 Å². The number of H-pyrrole nitrogens is 1. The van der Waals surface area contributed by atoms with Gasteiger partial charge in [0.1, 0.15) is 6.04 Å². The SMILES string of the molecule is CC(=O)NC(C(=O)Nc1n[nH]c2ccccc12)C(C)C. The molecular weight excluding hydrogens is 256 g/mol. The zero-order chi connectivity index (χ0) is 14.7. The van der Waals surface area contributed by atoms with E-state index in [2.05, 4.69) is 20.8 Å². The monoisotopic (exact) mass is 274 g/mol. The van der Waals surface area contributed by atoms with Crippen molar-refractivity contribution in [2.45, 2.75) is 26.8 Å². The number of rotatable bonds is 4. The average molecular weight is 274 g/mol. The number of fused-ring (bicyclic) bond motifs is 1. The maximum absolute atomic E-state index is 12.3. The highest BCUT2D eigenvalue weighted by molar-refractivity contribution is 6.02. The van der Waals surface area contributed by atoms with E-state index < -0.39 is 6.04 Å². The van der Waals surface area contributed by atoms with Gasteiger partial charge in [-0.05, 0) is 18.1 Å². The Morgan fingerprint density at radius 2 is 1.95 bits per heavy atom. The lowest BCUT2D eigenvalue weighted by atomic mass is 10.0. The molecule has 1 heterocycles. The second kappa shape index (κ2) is 5.73. The summed E-state index contributed by atoms with van der Waals surface area (Å²) in [7, 11) is 0. The zero-order valence-corrected chi connectivity index (χ0v) is 11.7. The number of para-hydroxylation sites is 1. The molecule has 6 heteroatoms. The van der Waals surface area contributed by atoms with E-state index >= 15 is 0 Å². The predicted molar refractivity (Wildman–Crippen MR) is 77.2 cm³/mol. The van der Waals surface area contributed by atoms with E-state index in [1.165, 1.54) is 6.92 Å². The highest BCUT2D eigenvalue weighted by Gasteiger charge is 2.24. The summed E-state index contributed by atoms with van der Waals surface area (Å²) in [6.45, 7) is 5.15. The van der Waals surface area contributed by atoms with Gasteiger partial charge in [-0.25, -0.2) is 0 Å². The third kappa shape index (κ3) is 2.96. The number of carbonyl (C=O) groups is 2. The highest BCUT2D eigenvalue weighted by Crippen LogP contribution is 2.20. The minimum atomic E-state index is -0.581. The number of hydrogen-bond acceptors (Lipinski definition) is 3. The first kappa shape index (κ1) is 14.0. The van der Waals surface area contributed by atoms with Gasteiger partial charge in [0.2, 0.25) is 11.8 Å². The van der Waals surface area contributed by atoms with E-state index in [1.807, 2.05) is 38.1 Å². The van der Waals surface area contributed by atoms with Gasteiger partial charge < -0.3 is 10.6 Å². The predicted octanol–water partition coefficient (Wildman–Crippen LogP) is 1.66. The van der Waals surface area contributed by atoms with Crippen molar-refractivity contribution in [2.75, 3.05) is 5.32 Å². The van der Waals surface area contributed by atoms with Crippen molar-refractivity contribution in [3.05, 3.63) is 24.3 Å². The quantitative estimate of drug-likeness (QED) is 0.792. The largest absolute Gasteiger partial charge is 0.344 e. The Morgan fingerprint density at radius 1 is 1.25 bits per heavy atom. The molecule has 6 nitrogen and oxygen atoms in total. The molecule has 2 amide bonds. The molecule has 0 aliphatic carbocycles. The molecular formula is C14H18N4O2. The molecule has 0 saturated heterocycles. The minimum Gasteiger partial charge on any atom is -0.344 e. The van der Waals surface area contributed by atoms with E-state index in [9.17, 15) is 9.59 Å². The smallest absolute Gasteiger partial charge is 0.248 e. The fourth-order valence-corrected chi connectivity index (χ4v) is 2.01. The molecule has 0 fully saturated rings. The molecule has 0 bridgehead atoms. The van der Waals surface area contributed by atoms with Crippen LogP contribution in [0.15, 0.2) is 24.3 Å². The number of carbonyl (C=O) groups excluding carboxylic acids is 2. The van der Waals surface area contributed by atoms with Gasteiger partial charge in [-0.15, -0.1) is 0 Å². The van der Waals surface area contributed by atoms with Crippen molar-refractivity contribution in [1.82, 2.24) is 15.5 Å². The van der Waals surface area contributed by atoms with Gasteiger partial charge in [0.15, 0.2) is 5.82 Å². The number of hydrogen-bond donors (Lipinski definition) is 3. The van der Waals surface area contributed by atoms with Crippen LogP contribution in [0.3, 0.4) is 0 Å². The van der Waals surface area contributed by atoms with Crippen molar-refractivity contribution >= 4 is 28.5 Å². The van der Waals surface area contributed by atoms with Gasteiger partial charge in [-0.1, -0.05) is 26.0 Å². The van der Waals surface area contributed by atoms with Crippen LogP contribution in [-0.2, 0) is 9.59 Å². The Hall–Kier alpha value is -2.37. The summed E-state index contributed by atoms with van der Waals surface area (Å²) in [6, 6.07) is 6.94. The van der Waals surface area contributed by atoms with Crippen LogP contribution in [0.1, 0.15) is 20.8 Å². The van der Waals surface area contributed by atoms with E-state index in [0.29, 0.717) is 5.82 Å². The number of aromatic amines is 1. The minimum absolute atomic E-state index is 0.0101. The lowest BCUT2D eigenvalue weighted by molar-refractivity contribution is -0.126. The van der Waals surface area contributed by atoms with Gasteiger partial charge >= 0.3 is 0 Å². The van der Waals surface area contributed by atoms with E-state index in [0.717, 1.165) is 10.9 Å². The van der Waals surface area contributed by atoms with Crippen LogP contribution >= 0.6 is 0 Å². The number of nitrogens with one attached hydrogen (secondary N) is 3. The molecule has 0 aliphatic heterocycles. The lowest BCUT2D eigenvalue weighted by Crippen LogP contribution is -2.46. The van der Waals surface area contributed by atoms with Gasteiger partial charge in [-0.2, -0.15) is 5.10 Å². The summed E-state index contributed by atoms with van der Waals surface area (Å²) in [6.07, 6.45) is 0. The van der Waals surface area contributed by atoms with Crippen LogP contribution in [0.2, 0.25) is 0 Å². The maximum Gasteiger partial charge on any atom is 0.248 e. The molecule has 2 rings (SSSR count). The van der Waals surface area contributed by atoms with E-state index in [-0.39, 0.29) is 17.7 Å². The topological polar surface area (TPSA) is 86.9 Å². The molecule has 2 aromatic rings. The fraction of sp³-hybridized carbons (Fsp3) is 0.357. The first-order valence-corrected chi connectivity index (χ1v) is 6.50. The molecule has 1 aromatic carbocycles. The first-order valence-electron chi connectivity index (χ1n) is 6.50. The third-order valence-electron chi connectivity index (χ3n) is 3.02. The summed E-state index contributed by atoms with van der Waals surface area (Å²) >= 11 is 0. The molecule has 1 aromatic heterocycles. The lowest BCUT2D eigenvalue weighted by Gasteiger charge is -2.20. The Morgan fingerprint density at radius 3 is 2.60 bits per heavy atom. The van der Waals surface area contributed by atoms with Crippen molar-refractivity contribution in [3.63, 3.8) is 0 Å². The normalized spacial score (nSPS) is 12.4. The van der Waals surface area contributed by atoms with Crippen molar-refractivity contribution < 1.29 is 9.59 Å². The summed E-state index contributed by atoms with van der Waals surface area (Å²) < 4.78 is 0. The Labute approximate surface area is 116 Å². The van der Waals surface area contributed by atoms with Crippen LogP contribution in [-0.4, -0.2) is 28.1 Å². The maximum atomic E-state index is 12.3. The third-order valence-corrected chi connectivity index (χ3v) is 3.02. The zero-order valence-electron chi connectivity index (χ0n) is 11.7. The second-order valence-corrected chi connectivity index (χ2v) is 5.03. The van der Waals surface area contributed by atoms with Crippen molar-refractivity contribution in [3.8, 4) is 0 Å².